The lowest BCUT2D eigenvalue weighted by Gasteiger charge is -2.34. The van der Waals surface area contributed by atoms with Crippen LogP contribution in [0.4, 0.5) is 10.1 Å². The molecule has 0 aliphatic carbocycles. The van der Waals surface area contributed by atoms with Crippen molar-refractivity contribution in [2.45, 2.75) is 13.0 Å². The minimum atomic E-state index is -0.464. The van der Waals surface area contributed by atoms with Crippen molar-refractivity contribution in [3.63, 3.8) is 0 Å². The van der Waals surface area contributed by atoms with Gasteiger partial charge in [0.15, 0.2) is 11.6 Å². The number of carbonyl (C=O) groups is 1. The molecule has 1 amide bonds. The number of piperazine rings is 1. The lowest BCUT2D eigenvalue weighted by molar-refractivity contribution is -0.385. The Morgan fingerprint density at radius 3 is 2.54 bits per heavy atom. The number of para-hydroxylation sites is 1. The van der Waals surface area contributed by atoms with E-state index in [1.165, 1.54) is 19.2 Å². The van der Waals surface area contributed by atoms with Crippen LogP contribution in [0, 0.1) is 15.9 Å². The van der Waals surface area contributed by atoms with Crippen LogP contribution in [0.5, 0.6) is 5.75 Å². The summed E-state index contributed by atoms with van der Waals surface area (Å²) in [5.41, 5.74) is 1.24. The molecule has 148 valence electrons. The van der Waals surface area contributed by atoms with E-state index < -0.39 is 10.7 Å². The van der Waals surface area contributed by atoms with Crippen molar-refractivity contribution in [1.82, 2.24) is 9.80 Å². The molecule has 0 bridgehead atoms. The highest BCUT2D eigenvalue weighted by atomic mass is 19.1. The van der Waals surface area contributed by atoms with Crippen LogP contribution in [-0.2, 0) is 17.8 Å². The maximum absolute atomic E-state index is 13.8. The third kappa shape index (κ3) is 4.64. The maximum atomic E-state index is 13.8. The van der Waals surface area contributed by atoms with Crippen LogP contribution in [0.3, 0.4) is 0 Å². The van der Waals surface area contributed by atoms with Gasteiger partial charge in [0.2, 0.25) is 5.91 Å². The van der Waals surface area contributed by atoms with E-state index >= 15 is 0 Å². The number of rotatable bonds is 6. The van der Waals surface area contributed by atoms with Gasteiger partial charge in [-0.3, -0.25) is 19.8 Å². The Bertz CT molecular complexity index is 866. The van der Waals surface area contributed by atoms with Crippen molar-refractivity contribution in [2.75, 3.05) is 33.3 Å². The van der Waals surface area contributed by atoms with Gasteiger partial charge >= 0.3 is 0 Å². The molecule has 1 fully saturated rings. The molecule has 3 rings (SSSR count). The van der Waals surface area contributed by atoms with Gasteiger partial charge in [0.05, 0.1) is 18.5 Å². The number of benzene rings is 2. The van der Waals surface area contributed by atoms with Crippen LogP contribution < -0.4 is 4.74 Å². The number of hydrogen-bond donors (Lipinski definition) is 0. The number of ether oxygens (including phenoxy) is 1. The Hall–Kier alpha value is -3.00. The summed E-state index contributed by atoms with van der Waals surface area (Å²) in [7, 11) is 1.43. The van der Waals surface area contributed by atoms with Gasteiger partial charge in [-0.25, -0.2) is 4.39 Å². The lowest BCUT2D eigenvalue weighted by Crippen LogP contribution is -2.48. The van der Waals surface area contributed by atoms with Crippen LogP contribution in [0.2, 0.25) is 0 Å². The summed E-state index contributed by atoms with van der Waals surface area (Å²) >= 11 is 0. The van der Waals surface area contributed by atoms with E-state index in [2.05, 4.69) is 4.90 Å². The topological polar surface area (TPSA) is 75.9 Å². The number of amides is 1. The predicted octanol–water partition coefficient (Wildman–Crippen LogP) is 2.63. The number of nitro groups is 1. The fourth-order valence-electron chi connectivity index (χ4n) is 3.33. The molecule has 0 atom stereocenters. The van der Waals surface area contributed by atoms with Gasteiger partial charge in [0, 0.05) is 44.4 Å². The first-order chi connectivity index (χ1) is 13.5. The normalized spacial score (nSPS) is 14.7. The highest BCUT2D eigenvalue weighted by Crippen LogP contribution is 2.21. The van der Waals surface area contributed by atoms with Gasteiger partial charge in [0.25, 0.3) is 5.69 Å². The number of nitrogens with zero attached hydrogens (tertiary/aromatic N) is 3. The zero-order chi connectivity index (χ0) is 20.1. The standard InChI is InChI=1S/C20H22FN3O4/c1-28-19-7-6-15(12-17(19)21)14-22-8-10-23(11-9-22)20(25)13-16-4-2-3-5-18(16)24(26)27/h2-7,12H,8-11,13-14H2,1H3. The number of hydrogen-bond acceptors (Lipinski definition) is 5. The highest BCUT2D eigenvalue weighted by Gasteiger charge is 2.23. The first kappa shape index (κ1) is 19.8. The Kier molecular flexibility index (Phi) is 6.20. The summed E-state index contributed by atoms with van der Waals surface area (Å²) in [6.07, 6.45) is 0.0147. The molecule has 0 radical (unpaired) electrons. The average molecular weight is 387 g/mol. The fourth-order valence-corrected chi connectivity index (χ4v) is 3.33. The molecule has 2 aromatic rings. The third-order valence-electron chi connectivity index (χ3n) is 4.88. The average Bonchev–Trinajstić information content (AvgIpc) is 2.69. The second-order valence-corrected chi connectivity index (χ2v) is 6.69. The van der Waals surface area contributed by atoms with Gasteiger partial charge in [-0.2, -0.15) is 0 Å². The molecule has 1 aliphatic heterocycles. The minimum absolute atomic E-state index is 0.0147. The number of halogens is 1. The molecule has 8 heteroatoms. The predicted molar refractivity (Wildman–Crippen MR) is 102 cm³/mol. The van der Waals surface area contributed by atoms with Crippen molar-refractivity contribution in [1.29, 1.82) is 0 Å². The Morgan fingerprint density at radius 2 is 1.89 bits per heavy atom. The van der Waals surface area contributed by atoms with E-state index in [9.17, 15) is 19.3 Å². The molecule has 1 heterocycles. The van der Waals surface area contributed by atoms with Crippen molar-refractivity contribution in [3.8, 4) is 5.75 Å². The lowest BCUT2D eigenvalue weighted by atomic mass is 10.1. The van der Waals surface area contributed by atoms with Gasteiger partial charge < -0.3 is 9.64 Å². The molecule has 1 aliphatic rings. The number of nitro benzene ring substituents is 1. The molecule has 1 saturated heterocycles. The molecule has 0 aromatic heterocycles. The van der Waals surface area contributed by atoms with Crippen molar-refractivity contribution in [3.05, 3.63) is 69.5 Å². The summed E-state index contributed by atoms with van der Waals surface area (Å²) in [6, 6.07) is 11.2. The largest absolute Gasteiger partial charge is 0.494 e. The summed E-state index contributed by atoms with van der Waals surface area (Å²) in [5, 5.41) is 11.1. The van der Waals surface area contributed by atoms with Crippen molar-refractivity contribution < 1.29 is 18.8 Å². The zero-order valence-corrected chi connectivity index (χ0v) is 15.6. The monoisotopic (exact) mass is 387 g/mol. The van der Waals surface area contributed by atoms with E-state index in [0.717, 1.165) is 5.56 Å². The number of methoxy groups -OCH3 is 1. The van der Waals surface area contributed by atoms with E-state index in [0.29, 0.717) is 38.3 Å². The second kappa shape index (κ2) is 8.79. The van der Waals surface area contributed by atoms with Crippen LogP contribution >= 0.6 is 0 Å². The molecular formula is C20H22FN3O4. The minimum Gasteiger partial charge on any atom is -0.494 e. The van der Waals surface area contributed by atoms with Crippen molar-refractivity contribution >= 4 is 11.6 Å². The van der Waals surface area contributed by atoms with Gasteiger partial charge in [-0.05, 0) is 17.7 Å². The summed E-state index contributed by atoms with van der Waals surface area (Å²) in [4.78, 5) is 27.1. The SMILES string of the molecule is COc1ccc(CN2CCN(C(=O)Cc3ccccc3[N+](=O)[O-])CC2)cc1F. The van der Waals surface area contributed by atoms with Gasteiger partial charge in [-0.1, -0.05) is 24.3 Å². The second-order valence-electron chi connectivity index (χ2n) is 6.69. The molecule has 2 aromatic carbocycles. The Morgan fingerprint density at radius 1 is 1.18 bits per heavy atom. The van der Waals surface area contributed by atoms with E-state index in [4.69, 9.17) is 4.74 Å². The van der Waals surface area contributed by atoms with Crippen LogP contribution in [0.15, 0.2) is 42.5 Å². The third-order valence-corrected chi connectivity index (χ3v) is 4.88. The fraction of sp³-hybridized carbons (Fsp3) is 0.350. The van der Waals surface area contributed by atoms with E-state index in [1.807, 2.05) is 6.07 Å². The summed E-state index contributed by atoms with van der Waals surface area (Å²) in [6.45, 7) is 3.00. The molecule has 7 nitrogen and oxygen atoms in total. The van der Waals surface area contributed by atoms with Crippen LogP contribution in [-0.4, -0.2) is 53.9 Å². The highest BCUT2D eigenvalue weighted by molar-refractivity contribution is 5.80. The molecule has 0 saturated carbocycles. The Labute approximate surface area is 162 Å². The first-order valence-corrected chi connectivity index (χ1v) is 9.03. The smallest absolute Gasteiger partial charge is 0.273 e. The van der Waals surface area contributed by atoms with Crippen molar-refractivity contribution in [2.24, 2.45) is 0 Å². The van der Waals surface area contributed by atoms with Crippen LogP contribution in [0.1, 0.15) is 11.1 Å². The summed E-state index contributed by atoms with van der Waals surface area (Å²) < 4.78 is 18.8. The molecule has 0 unspecified atom stereocenters. The molecule has 0 N–H and O–H groups in total. The first-order valence-electron chi connectivity index (χ1n) is 9.03. The van der Waals surface area contributed by atoms with Gasteiger partial charge in [0.1, 0.15) is 0 Å². The van der Waals surface area contributed by atoms with Crippen LogP contribution in [0.25, 0.3) is 0 Å². The Balaban J connectivity index is 1.54. The zero-order valence-electron chi connectivity index (χ0n) is 15.6. The molecule has 28 heavy (non-hydrogen) atoms. The van der Waals surface area contributed by atoms with E-state index in [1.54, 1.807) is 29.2 Å². The molecular weight excluding hydrogens is 365 g/mol. The maximum Gasteiger partial charge on any atom is 0.273 e. The summed E-state index contributed by atoms with van der Waals surface area (Å²) in [5.74, 6) is -0.295. The van der Waals surface area contributed by atoms with Gasteiger partial charge in [-0.15, -0.1) is 0 Å². The van der Waals surface area contributed by atoms with E-state index in [-0.39, 0.29) is 23.8 Å². The number of carbonyl (C=O) groups excluding carboxylic acids is 1. The quantitative estimate of drug-likeness (QED) is 0.563. The molecule has 0 spiro atoms.